The molecule has 11 nitrogen and oxygen atoms in total. The number of carbonyl (C=O) groups excluding carboxylic acids is 4. The largest absolute Gasteiger partial charge is 0.466 e. The average molecular weight is 505 g/mol. The Labute approximate surface area is 211 Å². The van der Waals surface area contributed by atoms with E-state index in [9.17, 15) is 29.5 Å². The van der Waals surface area contributed by atoms with E-state index in [-0.39, 0.29) is 19.6 Å². The van der Waals surface area contributed by atoms with Crippen molar-refractivity contribution in [1.29, 1.82) is 5.26 Å². The van der Waals surface area contributed by atoms with Crippen LogP contribution in [0.4, 0.5) is 4.79 Å². The van der Waals surface area contributed by atoms with Gasteiger partial charge in [0.1, 0.15) is 24.2 Å². The summed E-state index contributed by atoms with van der Waals surface area (Å²) in [5, 5.41) is 24.2. The first-order valence-corrected chi connectivity index (χ1v) is 11.6. The minimum atomic E-state index is -1.46. The summed E-state index contributed by atoms with van der Waals surface area (Å²) in [7, 11) is 0. The number of aliphatic hydroxyl groups is 1. The Morgan fingerprint density at radius 3 is 2.42 bits per heavy atom. The van der Waals surface area contributed by atoms with Crippen LogP contribution >= 0.6 is 0 Å². The third-order valence-corrected chi connectivity index (χ3v) is 5.13. The van der Waals surface area contributed by atoms with Crippen molar-refractivity contribution in [3.05, 3.63) is 34.9 Å². The Bertz CT molecular complexity index is 982. The van der Waals surface area contributed by atoms with Crippen molar-refractivity contribution >= 4 is 23.9 Å². The molecule has 11 heteroatoms. The van der Waals surface area contributed by atoms with Crippen LogP contribution in [0.1, 0.15) is 56.8 Å². The number of amides is 3. The first-order chi connectivity index (χ1) is 16.9. The molecule has 0 saturated heterocycles. The molecule has 3 N–H and O–H groups in total. The van der Waals surface area contributed by atoms with Gasteiger partial charge in [-0.05, 0) is 58.2 Å². The van der Waals surface area contributed by atoms with E-state index in [4.69, 9.17) is 9.47 Å². The number of esters is 1. The van der Waals surface area contributed by atoms with Gasteiger partial charge in [0, 0.05) is 6.54 Å². The van der Waals surface area contributed by atoms with Gasteiger partial charge >= 0.3 is 12.1 Å². The molecule has 1 rings (SSSR count). The molecular formula is C25H36N4O7. The SMILES string of the molecule is CCOC(=O)CCNC(=O)C(c1cccc(C)c1C)N(CC#N)C(=O)C(CO)NC(=O)OC(C)(C)C. The summed E-state index contributed by atoms with van der Waals surface area (Å²) in [4.78, 5) is 51.7. The van der Waals surface area contributed by atoms with Crippen molar-refractivity contribution in [3.63, 3.8) is 0 Å². The molecule has 2 unspecified atom stereocenters. The van der Waals surface area contributed by atoms with Crippen LogP contribution in [0.3, 0.4) is 0 Å². The van der Waals surface area contributed by atoms with Gasteiger partial charge in [-0.15, -0.1) is 0 Å². The second kappa shape index (κ2) is 14.0. The summed E-state index contributed by atoms with van der Waals surface area (Å²) >= 11 is 0. The summed E-state index contributed by atoms with van der Waals surface area (Å²) < 4.78 is 10.0. The van der Waals surface area contributed by atoms with Gasteiger partial charge in [0.15, 0.2) is 0 Å². The fraction of sp³-hybridized carbons (Fsp3) is 0.560. The molecule has 0 bridgehead atoms. The highest BCUT2D eigenvalue weighted by Crippen LogP contribution is 2.27. The van der Waals surface area contributed by atoms with Crippen molar-refractivity contribution in [2.45, 2.75) is 65.6 Å². The van der Waals surface area contributed by atoms with Crippen molar-refractivity contribution < 1.29 is 33.8 Å². The van der Waals surface area contributed by atoms with E-state index >= 15 is 0 Å². The van der Waals surface area contributed by atoms with Gasteiger partial charge < -0.3 is 30.1 Å². The zero-order valence-corrected chi connectivity index (χ0v) is 21.7. The second-order valence-corrected chi connectivity index (χ2v) is 9.04. The molecule has 2 atom stereocenters. The second-order valence-electron chi connectivity index (χ2n) is 9.04. The molecule has 198 valence electrons. The number of hydrogen-bond acceptors (Lipinski definition) is 8. The molecule has 0 aliphatic carbocycles. The van der Waals surface area contributed by atoms with E-state index in [2.05, 4.69) is 10.6 Å². The van der Waals surface area contributed by atoms with Crippen LogP contribution in [0, 0.1) is 25.2 Å². The molecule has 0 heterocycles. The van der Waals surface area contributed by atoms with E-state index in [1.54, 1.807) is 46.8 Å². The van der Waals surface area contributed by atoms with Gasteiger partial charge in [0.2, 0.25) is 11.8 Å². The van der Waals surface area contributed by atoms with Gasteiger partial charge in [0.05, 0.1) is 25.7 Å². The topological polar surface area (TPSA) is 158 Å². The number of nitrogens with zero attached hydrogens (tertiary/aromatic N) is 2. The van der Waals surface area contributed by atoms with Crippen LogP contribution in [0.15, 0.2) is 18.2 Å². The van der Waals surface area contributed by atoms with Crippen molar-refractivity contribution in [3.8, 4) is 6.07 Å². The van der Waals surface area contributed by atoms with Crippen LogP contribution in [0.5, 0.6) is 0 Å². The molecular weight excluding hydrogens is 468 g/mol. The smallest absolute Gasteiger partial charge is 0.408 e. The third-order valence-electron chi connectivity index (χ3n) is 5.13. The van der Waals surface area contributed by atoms with Crippen LogP contribution in [-0.4, -0.2) is 71.8 Å². The highest BCUT2D eigenvalue weighted by molar-refractivity contribution is 5.92. The van der Waals surface area contributed by atoms with Crippen LogP contribution < -0.4 is 10.6 Å². The summed E-state index contributed by atoms with van der Waals surface area (Å²) in [6.07, 6.45) is -1.01. The van der Waals surface area contributed by atoms with E-state index in [0.29, 0.717) is 5.56 Å². The summed E-state index contributed by atoms with van der Waals surface area (Å²) in [6, 6.07) is 4.35. The Morgan fingerprint density at radius 1 is 1.19 bits per heavy atom. The number of nitrogens with one attached hydrogen (secondary N) is 2. The predicted octanol–water partition coefficient (Wildman–Crippen LogP) is 1.65. The van der Waals surface area contributed by atoms with Gasteiger partial charge in [-0.1, -0.05) is 18.2 Å². The first-order valence-electron chi connectivity index (χ1n) is 11.6. The lowest BCUT2D eigenvalue weighted by Crippen LogP contribution is -2.54. The molecule has 3 amide bonds. The zero-order valence-electron chi connectivity index (χ0n) is 21.7. The lowest BCUT2D eigenvalue weighted by atomic mass is 9.95. The Balaban J connectivity index is 3.34. The van der Waals surface area contributed by atoms with Gasteiger partial charge in [-0.25, -0.2) is 4.79 Å². The molecule has 0 aromatic heterocycles. The van der Waals surface area contributed by atoms with Crippen LogP contribution in [0.25, 0.3) is 0 Å². The number of nitriles is 1. The number of rotatable bonds is 11. The number of aryl methyl sites for hydroxylation is 1. The van der Waals surface area contributed by atoms with E-state index in [1.165, 1.54) is 0 Å². The van der Waals surface area contributed by atoms with Crippen molar-refractivity contribution in [1.82, 2.24) is 15.5 Å². The summed E-state index contributed by atoms with van der Waals surface area (Å²) in [5.41, 5.74) is 1.19. The maximum Gasteiger partial charge on any atom is 0.408 e. The highest BCUT2D eigenvalue weighted by atomic mass is 16.6. The van der Waals surface area contributed by atoms with Gasteiger partial charge in [-0.2, -0.15) is 5.26 Å². The standard InChI is InChI=1S/C25H36N4O7/c1-7-35-20(31)11-13-27-22(32)21(18-10-8-9-16(2)17(18)3)29(14-12-26)23(33)19(15-30)28-24(34)36-25(4,5)6/h8-10,19,21,30H,7,11,13-15H2,1-6H3,(H,27,32)(H,28,34). The Morgan fingerprint density at radius 2 is 1.86 bits per heavy atom. The number of hydrogen-bond donors (Lipinski definition) is 3. The minimum Gasteiger partial charge on any atom is -0.466 e. The molecule has 36 heavy (non-hydrogen) atoms. The fourth-order valence-electron chi connectivity index (χ4n) is 3.35. The molecule has 0 aliphatic rings. The first kappa shape index (κ1) is 30.4. The monoisotopic (exact) mass is 504 g/mol. The van der Waals surface area contributed by atoms with Crippen LogP contribution in [-0.2, 0) is 23.9 Å². The molecule has 0 fully saturated rings. The number of aliphatic hydroxyl groups excluding tert-OH is 1. The molecule has 0 saturated carbocycles. The lowest BCUT2D eigenvalue weighted by molar-refractivity contribution is -0.144. The molecule has 1 aromatic rings. The molecule has 1 aromatic carbocycles. The van der Waals surface area contributed by atoms with E-state index in [0.717, 1.165) is 16.0 Å². The van der Waals surface area contributed by atoms with E-state index in [1.807, 2.05) is 19.1 Å². The normalized spacial score (nSPS) is 12.5. The number of ether oxygens (including phenoxy) is 2. The third kappa shape index (κ3) is 9.19. The Kier molecular flexibility index (Phi) is 11.8. The highest BCUT2D eigenvalue weighted by Gasteiger charge is 2.36. The number of carbonyl (C=O) groups is 4. The minimum absolute atomic E-state index is 0.0484. The van der Waals surface area contributed by atoms with Gasteiger partial charge in [-0.3, -0.25) is 14.4 Å². The van der Waals surface area contributed by atoms with Gasteiger partial charge in [0.25, 0.3) is 0 Å². The Hall–Kier alpha value is -3.65. The zero-order chi connectivity index (χ0) is 27.5. The maximum atomic E-state index is 13.4. The molecule has 0 radical (unpaired) electrons. The fourth-order valence-corrected chi connectivity index (χ4v) is 3.35. The average Bonchev–Trinajstić information content (AvgIpc) is 2.78. The van der Waals surface area contributed by atoms with Crippen molar-refractivity contribution in [2.24, 2.45) is 0 Å². The summed E-state index contributed by atoms with van der Waals surface area (Å²) in [6.45, 7) is 9.07. The maximum absolute atomic E-state index is 13.4. The predicted molar refractivity (Wildman–Crippen MR) is 130 cm³/mol. The summed E-state index contributed by atoms with van der Waals surface area (Å²) in [5.74, 6) is -1.98. The molecule has 0 spiro atoms. The molecule has 0 aliphatic heterocycles. The lowest BCUT2D eigenvalue weighted by Gasteiger charge is -2.33. The van der Waals surface area contributed by atoms with E-state index < -0.39 is 54.7 Å². The quantitative estimate of drug-likeness (QED) is 0.303. The van der Waals surface area contributed by atoms with Crippen LogP contribution in [0.2, 0.25) is 0 Å². The van der Waals surface area contributed by atoms with Crippen molar-refractivity contribution in [2.75, 3.05) is 26.3 Å². The number of benzene rings is 1. The number of alkyl carbamates (subject to hydrolysis) is 1.